The van der Waals surface area contributed by atoms with Gasteiger partial charge in [0, 0.05) is 29.9 Å². The number of aromatic nitrogens is 4. The molecule has 5 rings (SSSR count). The van der Waals surface area contributed by atoms with Crippen molar-refractivity contribution in [1.82, 2.24) is 24.5 Å². The van der Waals surface area contributed by atoms with Gasteiger partial charge in [0.25, 0.3) is 5.92 Å². The lowest BCUT2D eigenvalue weighted by Crippen LogP contribution is -2.38. The Balaban J connectivity index is 1.56. The second-order valence-corrected chi connectivity index (χ2v) is 7.53. The fourth-order valence-electron chi connectivity index (χ4n) is 3.96. The average molecular weight is 410 g/mol. The lowest BCUT2D eigenvalue weighted by atomic mass is 10.0. The first-order valence-electron chi connectivity index (χ1n) is 9.56. The molecule has 1 saturated heterocycles. The molecule has 0 amide bonds. The Kier molecular flexibility index (Phi) is 4.28. The predicted octanol–water partition coefficient (Wildman–Crippen LogP) is 3.31. The van der Waals surface area contributed by atoms with E-state index in [9.17, 15) is 8.78 Å². The van der Waals surface area contributed by atoms with Gasteiger partial charge in [-0.3, -0.25) is 9.88 Å². The third kappa shape index (κ3) is 3.11. The van der Waals surface area contributed by atoms with Crippen molar-refractivity contribution in [3.8, 4) is 17.0 Å². The summed E-state index contributed by atoms with van der Waals surface area (Å²) < 4.78 is 35.5. The quantitative estimate of drug-likeness (QED) is 0.557. The number of benzene rings is 1. The molecular weight excluding hydrogens is 390 g/mol. The standard InChI is InChI=1S/C21H20F2N6O/c1-28-11-17(21(22,23)12-28)25-20-26-19(30-2)18-15(7-9-29(18)27-20)13-5-6-16-14(10-13)4-3-8-24-16/h3-10,17H,11-12H2,1-2H3,(H,25,27). The highest BCUT2D eigenvalue weighted by Crippen LogP contribution is 2.34. The molecule has 1 unspecified atom stereocenters. The number of methoxy groups -OCH3 is 1. The van der Waals surface area contributed by atoms with Gasteiger partial charge in [-0.25, -0.2) is 13.3 Å². The zero-order chi connectivity index (χ0) is 20.9. The van der Waals surface area contributed by atoms with E-state index in [-0.39, 0.29) is 19.0 Å². The molecule has 7 nitrogen and oxygen atoms in total. The van der Waals surface area contributed by atoms with E-state index in [2.05, 4.69) is 20.4 Å². The molecule has 1 N–H and O–H groups in total. The topological polar surface area (TPSA) is 67.6 Å². The predicted molar refractivity (Wildman–Crippen MR) is 110 cm³/mol. The van der Waals surface area contributed by atoms with Crippen molar-refractivity contribution in [3.63, 3.8) is 0 Å². The molecule has 0 saturated carbocycles. The van der Waals surface area contributed by atoms with Crippen molar-refractivity contribution in [2.24, 2.45) is 0 Å². The van der Waals surface area contributed by atoms with Gasteiger partial charge in [0.15, 0.2) is 0 Å². The van der Waals surface area contributed by atoms with E-state index in [1.54, 1.807) is 28.9 Å². The SMILES string of the molecule is COc1nc(NC2CN(C)CC2(F)F)nn2ccc(-c3ccc4ncccc4c3)c12. The van der Waals surface area contributed by atoms with Crippen molar-refractivity contribution >= 4 is 22.4 Å². The van der Waals surface area contributed by atoms with Crippen LogP contribution in [0.1, 0.15) is 0 Å². The maximum Gasteiger partial charge on any atom is 0.281 e. The second-order valence-electron chi connectivity index (χ2n) is 7.53. The summed E-state index contributed by atoms with van der Waals surface area (Å²) in [6.07, 6.45) is 3.53. The Morgan fingerprint density at radius 2 is 2.10 bits per heavy atom. The number of hydrogen-bond donors (Lipinski definition) is 1. The Morgan fingerprint density at radius 1 is 1.23 bits per heavy atom. The summed E-state index contributed by atoms with van der Waals surface area (Å²) in [6.45, 7) is -0.0900. The molecule has 4 aromatic rings. The second kappa shape index (κ2) is 6.88. The summed E-state index contributed by atoms with van der Waals surface area (Å²) in [5.41, 5.74) is 3.42. The minimum Gasteiger partial charge on any atom is -0.479 e. The number of likely N-dealkylation sites (N-methyl/N-ethyl adjacent to an activating group) is 1. The molecule has 1 aromatic carbocycles. The van der Waals surface area contributed by atoms with Crippen LogP contribution in [0.3, 0.4) is 0 Å². The number of nitrogens with one attached hydrogen (secondary N) is 1. The van der Waals surface area contributed by atoms with E-state index in [0.717, 1.165) is 22.0 Å². The number of pyridine rings is 1. The largest absolute Gasteiger partial charge is 0.479 e. The maximum atomic E-state index is 14.2. The zero-order valence-corrected chi connectivity index (χ0v) is 16.5. The summed E-state index contributed by atoms with van der Waals surface area (Å²) in [4.78, 5) is 10.3. The van der Waals surface area contributed by atoms with Crippen LogP contribution in [0.2, 0.25) is 0 Å². The summed E-state index contributed by atoms with van der Waals surface area (Å²) in [7, 11) is 3.17. The Bertz CT molecular complexity index is 1240. The first-order chi connectivity index (χ1) is 14.4. The number of hydrogen-bond acceptors (Lipinski definition) is 6. The monoisotopic (exact) mass is 410 g/mol. The molecule has 154 valence electrons. The first-order valence-corrected chi connectivity index (χ1v) is 9.56. The Hall–Kier alpha value is -3.33. The third-order valence-corrected chi connectivity index (χ3v) is 5.37. The van der Waals surface area contributed by atoms with Crippen molar-refractivity contribution in [3.05, 3.63) is 48.8 Å². The zero-order valence-electron chi connectivity index (χ0n) is 16.5. The molecule has 4 heterocycles. The minimum atomic E-state index is -2.86. The third-order valence-electron chi connectivity index (χ3n) is 5.37. The van der Waals surface area contributed by atoms with Crippen LogP contribution in [0.15, 0.2) is 48.8 Å². The summed E-state index contributed by atoms with van der Waals surface area (Å²) >= 11 is 0. The van der Waals surface area contributed by atoms with Crippen LogP contribution in [0.25, 0.3) is 27.5 Å². The van der Waals surface area contributed by atoms with Crippen LogP contribution < -0.4 is 10.1 Å². The fraction of sp³-hybridized carbons (Fsp3) is 0.286. The molecule has 0 bridgehead atoms. The smallest absolute Gasteiger partial charge is 0.281 e. The van der Waals surface area contributed by atoms with Crippen LogP contribution in [-0.4, -0.2) is 63.7 Å². The summed E-state index contributed by atoms with van der Waals surface area (Å²) in [5.74, 6) is -2.45. The molecule has 1 fully saturated rings. The molecule has 1 aliphatic rings. The van der Waals surface area contributed by atoms with E-state index in [4.69, 9.17) is 4.74 Å². The number of anilines is 1. The van der Waals surface area contributed by atoms with Gasteiger partial charge in [-0.2, -0.15) is 4.98 Å². The van der Waals surface area contributed by atoms with Crippen molar-refractivity contribution < 1.29 is 13.5 Å². The Morgan fingerprint density at radius 3 is 2.87 bits per heavy atom. The number of ether oxygens (including phenoxy) is 1. The molecule has 1 atom stereocenters. The first kappa shape index (κ1) is 18.7. The van der Waals surface area contributed by atoms with Crippen molar-refractivity contribution in [2.45, 2.75) is 12.0 Å². The fourth-order valence-corrected chi connectivity index (χ4v) is 3.96. The number of alkyl halides is 2. The van der Waals surface area contributed by atoms with Gasteiger partial charge < -0.3 is 10.1 Å². The van der Waals surface area contributed by atoms with Gasteiger partial charge >= 0.3 is 0 Å². The van der Waals surface area contributed by atoms with Crippen LogP contribution in [-0.2, 0) is 0 Å². The Labute approximate surface area is 171 Å². The van der Waals surface area contributed by atoms with Gasteiger partial charge in [-0.15, -0.1) is 5.10 Å². The number of nitrogens with zero attached hydrogens (tertiary/aromatic N) is 5. The molecule has 3 aromatic heterocycles. The highest BCUT2D eigenvalue weighted by atomic mass is 19.3. The average Bonchev–Trinajstić information content (AvgIpc) is 3.26. The molecule has 9 heteroatoms. The van der Waals surface area contributed by atoms with E-state index < -0.39 is 12.0 Å². The van der Waals surface area contributed by atoms with Gasteiger partial charge in [0.05, 0.1) is 19.2 Å². The van der Waals surface area contributed by atoms with Crippen LogP contribution in [0.4, 0.5) is 14.7 Å². The van der Waals surface area contributed by atoms with Crippen LogP contribution >= 0.6 is 0 Å². The molecule has 30 heavy (non-hydrogen) atoms. The van der Waals surface area contributed by atoms with Crippen molar-refractivity contribution in [2.75, 3.05) is 32.6 Å². The number of halogens is 2. The molecule has 0 aliphatic carbocycles. The minimum absolute atomic E-state index is 0.101. The van der Waals surface area contributed by atoms with E-state index in [0.29, 0.717) is 11.4 Å². The van der Waals surface area contributed by atoms with Crippen LogP contribution in [0.5, 0.6) is 5.88 Å². The van der Waals surface area contributed by atoms with Crippen molar-refractivity contribution in [1.29, 1.82) is 0 Å². The van der Waals surface area contributed by atoms with E-state index >= 15 is 0 Å². The highest BCUT2D eigenvalue weighted by molar-refractivity contribution is 5.90. The van der Waals surface area contributed by atoms with Gasteiger partial charge in [-0.1, -0.05) is 12.1 Å². The normalized spacial score (nSPS) is 18.9. The molecule has 1 aliphatic heterocycles. The summed E-state index contributed by atoms with van der Waals surface area (Å²) in [5, 5.41) is 8.19. The number of likely N-dealkylation sites (tertiary alicyclic amines) is 1. The van der Waals surface area contributed by atoms with E-state index in [1.165, 1.54) is 7.11 Å². The lowest BCUT2D eigenvalue weighted by molar-refractivity contribution is 0.00583. The summed E-state index contributed by atoms with van der Waals surface area (Å²) in [6, 6.07) is 10.7. The van der Waals surface area contributed by atoms with E-state index in [1.807, 2.05) is 36.4 Å². The molecular formula is C21H20F2N6O. The maximum absolute atomic E-state index is 14.2. The molecule has 0 spiro atoms. The van der Waals surface area contributed by atoms with Crippen LogP contribution in [0, 0.1) is 0 Å². The highest BCUT2D eigenvalue weighted by Gasteiger charge is 2.47. The van der Waals surface area contributed by atoms with Gasteiger partial charge in [0.1, 0.15) is 11.6 Å². The number of fused-ring (bicyclic) bond motifs is 2. The van der Waals surface area contributed by atoms with Gasteiger partial charge in [0.2, 0.25) is 11.8 Å². The van der Waals surface area contributed by atoms with Gasteiger partial charge in [-0.05, 0) is 36.9 Å². The lowest BCUT2D eigenvalue weighted by Gasteiger charge is -2.19. The molecule has 0 radical (unpaired) electrons. The number of rotatable bonds is 4.